The standard InChI is InChI=1S/C22H21N3OS3/c1-3-18-23-14(11-27-18)12-28-22-24-20-19(16-5-4-6-17(16)29-20)21(26)25(22)15-9-7-13(2)8-10-15/h7-11H,3-6,12H2,1-2H3. The Morgan fingerprint density at radius 1 is 1.17 bits per heavy atom. The topological polar surface area (TPSA) is 47.8 Å². The maximum absolute atomic E-state index is 13.6. The molecule has 148 valence electrons. The highest BCUT2D eigenvalue weighted by atomic mass is 32.2. The first kappa shape index (κ1) is 19.0. The predicted octanol–water partition coefficient (Wildman–Crippen LogP) is 5.56. The average molecular weight is 440 g/mol. The number of hydrogen-bond acceptors (Lipinski definition) is 6. The molecular weight excluding hydrogens is 418 g/mol. The van der Waals surface area contributed by atoms with Crippen LogP contribution in [0.2, 0.25) is 0 Å². The van der Waals surface area contributed by atoms with E-state index in [9.17, 15) is 4.79 Å². The van der Waals surface area contributed by atoms with Crippen molar-refractivity contribution in [3.63, 3.8) is 0 Å². The molecule has 0 radical (unpaired) electrons. The summed E-state index contributed by atoms with van der Waals surface area (Å²) in [7, 11) is 0. The fourth-order valence-corrected chi connectivity index (χ4v) is 6.82. The molecule has 0 saturated carbocycles. The number of hydrogen-bond donors (Lipinski definition) is 0. The minimum atomic E-state index is 0.0632. The molecule has 0 unspecified atom stereocenters. The first-order valence-electron chi connectivity index (χ1n) is 9.84. The van der Waals surface area contributed by atoms with E-state index >= 15 is 0 Å². The van der Waals surface area contributed by atoms with Crippen molar-refractivity contribution in [3.05, 3.63) is 66.7 Å². The van der Waals surface area contributed by atoms with Gasteiger partial charge in [-0.15, -0.1) is 22.7 Å². The van der Waals surface area contributed by atoms with Crippen molar-refractivity contribution in [1.82, 2.24) is 14.5 Å². The Kier molecular flexibility index (Phi) is 5.05. The minimum Gasteiger partial charge on any atom is -0.268 e. The number of thiophene rings is 1. The second-order valence-corrected chi connectivity index (χ2v) is 10.3. The van der Waals surface area contributed by atoms with E-state index in [4.69, 9.17) is 4.98 Å². The van der Waals surface area contributed by atoms with Crippen molar-refractivity contribution < 1.29 is 0 Å². The van der Waals surface area contributed by atoms with E-state index in [2.05, 4.69) is 24.2 Å². The summed E-state index contributed by atoms with van der Waals surface area (Å²) in [6.45, 7) is 4.18. The summed E-state index contributed by atoms with van der Waals surface area (Å²) in [5, 5.41) is 4.83. The quantitative estimate of drug-likeness (QED) is 0.302. The molecular formula is C22H21N3OS3. The van der Waals surface area contributed by atoms with E-state index in [1.165, 1.54) is 16.0 Å². The summed E-state index contributed by atoms with van der Waals surface area (Å²) in [6.07, 6.45) is 4.15. The molecule has 1 aromatic carbocycles. The van der Waals surface area contributed by atoms with Gasteiger partial charge in [-0.3, -0.25) is 9.36 Å². The molecule has 3 heterocycles. The summed E-state index contributed by atoms with van der Waals surface area (Å²) in [5.41, 5.74) is 4.40. The van der Waals surface area contributed by atoms with E-state index < -0.39 is 0 Å². The van der Waals surface area contributed by atoms with Crippen LogP contribution in [0.3, 0.4) is 0 Å². The summed E-state index contributed by atoms with van der Waals surface area (Å²) in [5.74, 6) is 0.714. The third kappa shape index (κ3) is 3.45. The van der Waals surface area contributed by atoms with Gasteiger partial charge < -0.3 is 0 Å². The maximum Gasteiger partial charge on any atom is 0.267 e. The average Bonchev–Trinajstić information content (AvgIpc) is 3.43. The van der Waals surface area contributed by atoms with Crippen LogP contribution in [0.5, 0.6) is 0 Å². The van der Waals surface area contributed by atoms with Crippen LogP contribution in [0.4, 0.5) is 0 Å². The Bertz CT molecular complexity index is 1250. The van der Waals surface area contributed by atoms with Gasteiger partial charge in [0.05, 0.1) is 21.8 Å². The lowest BCUT2D eigenvalue weighted by Crippen LogP contribution is -2.21. The highest BCUT2D eigenvalue weighted by Crippen LogP contribution is 2.36. The van der Waals surface area contributed by atoms with Crippen molar-refractivity contribution >= 4 is 44.7 Å². The van der Waals surface area contributed by atoms with Gasteiger partial charge in [-0.05, 0) is 50.3 Å². The van der Waals surface area contributed by atoms with Crippen LogP contribution in [0.1, 0.15) is 40.1 Å². The van der Waals surface area contributed by atoms with Crippen molar-refractivity contribution in [2.75, 3.05) is 0 Å². The SMILES string of the molecule is CCc1nc(CSc2nc3sc4c(c3c(=O)n2-c2ccc(C)cc2)CCC4)cs1. The van der Waals surface area contributed by atoms with Gasteiger partial charge in [-0.25, -0.2) is 9.97 Å². The van der Waals surface area contributed by atoms with Crippen LogP contribution >= 0.6 is 34.4 Å². The lowest BCUT2D eigenvalue weighted by molar-refractivity contribution is 0.819. The van der Waals surface area contributed by atoms with Crippen LogP contribution in [0, 0.1) is 6.92 Å². The molecule has 7 heteroatoms. The molecule has 0 aliphatic heterocycles. The number of rotatable bonds is 5. The van der Waals surface area contributed by atoms with E-state index in [1.807, 2.05) is 24.3 Å². The molecule has 0 amide bonds. The highest BCUT2D eigenvalue weighted by Gasteiger charge is 2.24. The number of aromatic nitrogens is 3. The van der Waals surface area contributed by atoms with Gasteiger partial charge in [0, 0.05) is 16.0 Å². The van der Waals surface area contributed by atoms with E-state index in [0.29, 0.717) is 5.75 Å². The number of fused-ring (bicyclic) bond motifs is 3. The van der Waals surface area contributed by atoms with Gasteiger partial charge in [-0.2, -0.15) is 0 Å². The zero-order chi connectivity index (χ0) is 20.0. The lowest BCUT2D eigenvalue weighted by Gasteiger charge is -2.12. The lowest BCUT2D eigenvalue weighted by atomic mass is 10.2. The number of benzene rings is 1. The molecule has 0 atom stereocenters. The predicted molar refractivity (Wildman–Crippen MR) is 123 cm³/mol. The third-order valence-corrected chi connectivity index (χ3v) is 8.45. The van der Waals surface area contributed by atoms with Crippen LogP contribution in [0.25, 0.3) is 15.9 Å². The molecule has 1 aliphatic rings. The zero-order valence-corrected chi connectivity index (χ0v) is 18.8. The first-order valence-corrected chi connectivity index (χ1v) is 12.5. The van der Waals surface area contributed by atoms with Gasteiger partial charge in [0.1, 0.15) is 4.83 Å². The van der Waals surface area contributed by atoms with Crippen molar-refractivity contribution in [2.24, 2.45) is 0 Å². The van der Waals surface area contributed by atoms with Crippen LogP contribution in [-0.4, -0.2) is 14.5 Å². The van der Waals surface area contributed by atoms with Gasteiger partial charge in [0.2, 0.25) is 0 Å². The van der Waals surface area contributed by atoms with Crippen molar-refractivity contribution in [3.8, 4) is 5.69 Å². The van der Waals surface area contributed by atoms with Crippen molar-refractivity contribution in [2.45, 2.75) is 50.4 Å². The van der Waals surface area contributed by atoms with Crippen LogP contribution in [-0.2, 0) is 25.0 Å². The summed E-state index contributed by atoms with van der Waals surface area (Å²) < 4.78 is 1.80. The fourth-order valence-electron chi connectivity index (χ4n) is 3.76. The number of thioether (sulfide) groups is 1. The molecule has 0 saturated heterocycles. The monoisotopic (exact) mass is 439 g/mol. The van der Waals surface area contributed by atoms with Gasteiger partial charge in [0.25, 0.3) is 5.56 Å². The van der Waals surface area contributed by atoms with Crippen molar-refractivity contribution in [1.29, 1.82) is 0 Å². The Balaban J connectivity index is 1.63. The molecule has 0 spiro atoms. The summed E-state index contributed by atoms with van der Waals surface area (Å²) >= 11 is 4.99. The second kappa shape index (κ2) is 7.70. The van der Waals surface area contributed by atoms with Crippen LogP contribution < -0.4 is 5.56 Å². The Morgan fingerprint density at radius 3 is 2.76 bits per heavy atom. The molecule has 4 nitrogen and oxygen atoms in total. The largest absolute Gasteiger partial charge is 0.268 e. The zero-order valence-electron chi connectivity index (χ0n) is 16.4. The molecule has 29 heavy (non-hydrogen) atoms. The molecule has 1 aliphatic carbocycles. The summed E-state index contributed by atoms with van der Waals surface area (Å²) in [6, 6.07) is 8.12. The van der Waals surface area contributed by atoms with E-state index in [0.717, 1.165) is 57.4 Å². The first-order chi connectivity index (χ1) is 14.1. The van der Waals surface area contributed by atoms with E-state index in [-0.39, 0.29) is 5.56 Å². The third-order valence-electron chi connectivity index (χ3n) is 5.25. The normalized spacial score (nSPS) is 13.3. The maximum atomic E-state index is 13.6. The molecule has 5 rings (SSSR count). The Hall–Kier alpha value is -1.96. The molecule has 3 aromatic heterocycles. The Morgan fingerprint density at radius 2 is 2.00 bits per heavy atom. The molecule has 0 N–H and O–H groups in total. The smallest absolute Gasteiger partial charge is 0.267 e. The fraction of sp³-hybridized carbons (Fsp3) is 0.318. The number of thiazole rings is 1. The van der Waals surface area contributed by atoms with Crippen LogP contribution in [0.15, 0.2) is 39.6 Å². The highest BCUT2D eigenvalue weighted by molar-refractivity contribution is 7.98. The van der Waals surface area contributed by atoms with E-state index in [1.54, 1.807) is 39.0 Å². The number of aryl methyl sites for hydroxylation is 4. The second-order valence-electron chi connectivity index (χ2n) is 7.28. The summed E-state index contributed by atoms with van der Waals surface area (Å²) in [4.78, 5) is 25.5. The molecule has 4 aromatic rings. The van der Waals surface area contributed by atoms with Gasteiger partial charge in [0.15, 0.2) is 5.16 Å². The van der Waals surface area contributed by atoms with Gasteiger partial charge >= 0.3 is 0 Å². The number of nitrogens with zero attached hydrogens (tertiary/aromatic N) is 3. The molecule has 0 fully saturated rings. The molecule has 0 bridgehead atoms. The van der Waals surface area contributed by atoms with Gasteiger partial charge in [-0.1, -0.05) is 36.4 Å². The Labute approximate surface area is 181 Å². The minimum absolute atomic E-state index is 0.0632.